The van der Waals surface area contributed by atoms with Crippen LogP contribution in [0, 0.1) is 89.9 Å². The quantitative estimate of drug-likeness (QED) is 0.0562. The fourth-order valence-electron chi connectivity index (χ4n) is 19.6. The summed E-state index contributed by atoms with van der Waals surface area (Å²) in [7, 11) is 3.52. The van der Waals surface area contributed by atoms with Crippen molar-refractivity contribution in [2.24, 2.45) is 34.5 Å². The monoisotopic (exact) mass is 1320 g/mol. The number of phenolic OH excluding ortho intramolecular Hbond substituents is 4. The van der Waals surface area contributed by atoms with Crippen LogP contribution in [0.5, 0.6) is 34.5 Å². The predicted molar refractivity (Wildman–Crippen MR) is 400 cm³/mol. The maximum Gasteiger partial charge on any atom is 0.121 e. The first-order valence-electron chi connectivity index (χ1n) is 36.6. The Bertz CT molecular complexity index is 3650. The molecule has 4 aliphatic carbocycles. The lowest BCUT2D eigenvalue weighted by molar-refractivity contribution is 0.0364. The molecule has 0 aromatic heterocycles. The van der Waals surface area contributed by atoms with Crippen molar-refractivity contribution in [2.75, 3.05) is 14.2 Å². The van der Waals surface area contributed by atoms with Crippen molar-refractivity contribution in [2.45, 2.75) is 221 Å². The zero-order valence-electron chi connectivity index (χ0n) is 61.4. The molecule has 0 spiro atoms. The molecule has 0 bridgehead atoms. The molecule has 0 heterocycles. The van der Waals surface area contributed by atoms with Gasteiger partial charge < -0.3 is 40.1 Å². The number of hydrogen-bond acceptors (Lipinski definition) is 8. The Balaban J connectivity index is 0.000000199. The van der Waals surface area contributed by atoms with Crippen LogP contribution < -0.4 is 9.47 Å². The van der Waals surface area contributed by atoms with Crippen molar-refractivity contribution in [1.29, 1.82) is 0 Å². The van der Waals surface area contributed by atoms with Gasteiger partial charge in [0.2, 0.25) is 0 Å². The molecule has 520 valence electrons. The summed E-state index contributed by atoms with van der Waals surface area (Å²) in [5, 5.41) is 61.3. The number of aromatic hydroxyl groups is 4. The van der Waals surface area contributed by atoms with E-state index < -0.39 is 0 Å². The topological polar surface area (TPSA) is 140 Å². The van der Waals surface area contributed by atoms with Crippen LogP contribution in [0.15, 0.2) is 146 Å². The highest BCUT2D eigenvalue weighted by Crippen LogP contribution is 2.60. The number of aryl methyl sites for hydroxylation is 8. The van der Waals surface area contributed by atoms with Gasteiger partial charge in [0.15, 0.2) is 0 Å². The summed E-state index contributed by atoms with van der Waals surface area (Å²) in [4.78, 5) is 0. The van der Waals surface area contributed by atoms with Crippen molar-refractivity contribution in [3.05, 3.63) is 246 Å². The zero-order chi connectivity index (χ0) is 70.3. The molecule has 0 saturated heterocycles. The highest BCUT2D eigenvalue weighted by Gasteiger charge is 2.51. The molecule has 4 saturated carbocycles. The molecule has 8 aromatic rings. The first-order chi connectivity index (χ1) is 46.7. The van der Waals surface area contributed by atoms with Crippen LogP contribution in [-0.4, -0.2) is 44.9 Å². The highest BCUT2D eigenvalue weighted by atomic mass is 16.5. The van der Waals surface area contributed by atoms with Gasteiger partial charge in [-0.3, -0.25) is 0 Å². The number of hydrogen-bond donors (Lipinski definition) is 6. The first kappa shape index (κ1) is 71.8. The molecule has 0 atom stereocenters. The van der Waals surface area contributed by atoms with Crippen LogP contribution >= 0.6 is 0 Å². The number of benzene rings is 8. The van der Waals surface area contributed by atoms with Crippen molar-refractivity contribution in [3.8, 4) is 34.5 Å². The fourth-order valence-corrected chi connectivity index (χ4v) is 19.6. The van der Waals surface area contributed by atoms with Gasteiger partial charge >= 0.3 is 0 Å². The largest absolute Gasteiger partial charge is 0.508 e. The van der Waals surface area contributed by atoms with E-state index in [1.54, 1.807) is 14.2 Å². The van der Waals surface area contributed by atoms with E-state index in [2.05, 4.69) is 177 Å². The van der Waals surface area contributed by atoms with Gasteiger partial charge in [0.05, 0.1) is 27.4 Å². The Hall–Kier alpha value is -7.52. The van der Waals surface area contributed by atoms with Gasteiger partial charge in [0.1, 0.15) is 34.5 Å². The van der Waals surface area contributed by atoms with Crippen LogP contribution in [0.2, 0.25) is 0 Å². The lowest BCUT2D eigenvalue weighted by Gasteiger charge is -2.52. The Morgan fingerprint density at radius 1 is 0.296 bits per heavy atom. The number of phenols is 4. The molecule has 0 unspecified atom stereocenters. The van der Waals surface area contributed by atoms with Crippen LogP contribution in [0.25, 0.3) is 0 Å². The first-order valence-corrected chi connectivity index (χ1v) is 36.6. The molecular weight excluding hydrogens is 1210 g/mol. The standard InChI is InChI=1S/C47H60O4.C43H52O4/c1-31-25-39(11-9-35(31)29-48)46(40-12-10-36(30-49)32(2)26-40)21-17-37(18-22-46)45(5,6)38-19-23-47(24-20-38,41-13-15-43(50-7)33(3)27-41)42-14-16-44(51-8)34(4)28-42;1-27-23-33(7-11-37(27)44)42(34-8-12-38(45)28(2)24-34)19-15-31(16-20-42)41(5,6)32-17-21-43(22-18-32,35-9-13-39(46)29(3)25-35)36-10-14-40(47)30(4)26-36/h9-16,25-28,37-38,48-49H,17-24,29-30H2,1-8H3;7-14,23-26,31-32,44-47H,15-22H2,1-6H3. The normalized spacial score (nSPS) is 18.4. The third-order valence-corrected chi connectivity index (χ3v) is 26.6. The summed E-state index contributed by atoms with van der Waals surface area (Å²) in [6.45, 7) is 26.8. The summed E-state index contributed by atoms with van der Waals surface area (Å²) in [6, 6.07) is 51.6. The van der Waals surface area contributed by atoms with Crippen molar-refractivity contribution < 1.29 is 40.1 Å². The molecule has 6 N–H and O–H groups in total. The average molecular weight is 1320 g/mol. The van der Waals surface area contributed by atoms with Gasteiger partial charge in [-0.2, -0.15) is 0 Å². The Labute approximate surface area is 586 Å². The second-order valence-corrected chi connectivity index (χ2v) is 32.0. The SMILES string of the molecule is COc1ccc(C2(c3ccc(OC)c(C)c3)CCC(C(C)(C)C3CCC(c4ccc(CO)c(C)c4)(c4ccc(CO)c(C)c4)CC3)CC2)cc1C.Cc1cc(C2(c3ccc(O)c(C)c3)CCC(C(C)(C)C3CCC(c4ccc(O)c(C)c4)(c4ccc(O)c(C)c4)CC3)CC2)ccc1O. The molecule has 4 aliphatic rings. The molecule has 0 amide bonds. The number of aliphatic hydroxyl groups is 2. The van der Waals surface area contributed by atoms with Gasteiger partial charge in [-0.15, -0.1) is 0 Å². The smallest absolute Gasteiger partial charge is 0.121 e. The van der Waals surface area contributed by atoms with Crippen LogP contribution in [0.4, 0.5) is 0 Å². The molecule has 8 heteroatoms. The molecule has 4 fully saturated rings. The maximum atomic E-state index is 10.3. The number of ether oxygens (including phenoxy) is 2. The van der Waals surface area contributed by atoms with Crippen molar-refractivity contribution >= 4 is 0 Å². The third-order valence-electron chi connectivity index (χ3n) is 26.6. The van der Waals surface area contributed by atoms with E-state index in [4.69, 9.17) is 9.47 Å². The molecule has 12 rings (SSSR count). The van der Waals surface area contributed by atoms with E-state index >= 15 is 0 Å². The summed E-state index contributed by atoms with van der Waals surface area (Å²) in [5.41, 5.74) is 20.8. The van der Waals surface area contributed by atoms with E-state index in [-0.39, 0.29) is 45.7 Å². The fraction of sp³-hybridized carbons (Fsp3) is 0.467. The molecule has 8 aromatic carbocycles. The summed E-state index contributed by atoms with van der Waals surface area (Å²) in [6.07, 6.45) is 17.9. The lowest BCUT2D eigenvalue weighted by atomic mass is 9.53. The molecule has 8 nitrogen and oxygen atoms in total. The Kier molecular flexibility index (Phi) is 20.9. The summed E-state index contributed by atoms with van der Waals surface area (Å²) >= 11 is 0. The molecule has 0 aliphatic heterocycles. The number of methoxy groups -OCH3 is 2. The van der Waals surface area contributed by atoms with Gasteiger partial charge in [-0.1, -0.05) is 137 Å². The minimum Gasteiger partial charge on any atom is -0.508 e. The van der Waals surface area contributed by atoms with E-state index in [0.717, 1.165) is 133 Å². The van der Waals surface area contributed by atoms with Crippen LogP contribution in [-0.2, 0) is 34.9 Å². The van der Waals surface area contributed by atoms with Gasteiger partial charge in [-0.25, -0.2) is 0 Å². The molecule has 0 radical (unpaired) electrons. The van der Waals surface area contributed by atoms with E-state index in [0.29, 0.717) is 46.7 Å². The van der Waals surface area contributed by atoms with Gasteiger partial charge in [0, 0.05) is 21.7 Å². The average Bonchev–Trinajstić information content (AvgIpc) is 0.757. The number of aliphatic hydroxyl groups excluding tert-OH is 2. The van der Waals surface area contributed by atoms with Crippen molar-refractivity contribution in [1.82, 2.24) is 0 Å². The maximum absolute atomic E-state index is 10.3. The summed E-state index contributed by atoms with van der Waals surface area (Å²) < 4.78 is 11.3. The van der Waals surface area contributed by atoms with E-state index in [1.807, 2.05) is 52.0 Å². The number of rotatable bonds is 16. The molecular formula is C90H112O8. The Morgan fingerprint density at radius 2 is 0.490 bits per heavy atom. The molecule has 98 heavy (non-hydrogen) atoms. The predicted octanol–water partition coefficient (Wildman–Crippen LogP) is 21.0. The van der Waals surface area contributed by atoms with Gasteiger partial charge in [0.25, 0.3) is 0 Å². The lowest BCUT2D eigenvalue weighted by Crippen LogP contribution is -2.43. The van der Waals surface area contributed by atoms with Crippen LogP contribution in [0.3, 0.4) is 0 Å². The van der Waals surface area contributed by atoms with E-state index in [1.165, 1.54) is 81.3 Å². The van der Waals surface area contributed by atoms with Crippen LogP contribution in [0.1, 0.15) is 231 Å². The second-order valence-electron chi connectivity index (χ2n) is 32.0. The van der Waals surface area contributed by atoms with E-state index in [9.17, 15) is 30.6 Å². The summed E-state index contributed by atoms with van der Waals surface area (Å²) in [5.74, 6) is 5.71. The third kappa shape index (κ3) is 13.4. The highest BCUT2D eigenvalue weighted by molar-refractivity contribution is 5.53. The van der Waals surface area contributed by atoms with Gasteiger partial charge in [-0.05, 0) is 329 Å². The minimum absolute atomic E-state index is 0.0421. The zero-order valence-corrected chi connectivity index (χ0v) is 61.4. The Morgan fingerprint density at radius 3 is 0.673 bits per heavy atom. The second kappa shape index (κ2) is 28.6. The minimum atomic E-state index is -0.154. The van der Waals surface area contributed by atoms with Crippen molar-refractivity contribution in [3.63, 3.8) is 0 Å².